The number of nitrogens with zero attached hydrogens (tertiary/aromatic N) is 2. The number of carbonyl (C=O) groups is 1. The van der Waals surface area contributed by atoms with Gasteiger partial charge in [0.25, 0.3) is 0 Å². The third-order valence-corrected chi connectivity index (χ3v) is 5.61. The van der Waals surface area contributed by atoms with E-state index in [9.17, 15) is 9.90 Å². The standard InChI is InChI=1S/C20H32N4O4/c1-13-22-12-16(28-13)19(2,3)15(21)11-17(25)23-18(26)20(4,5)24(6)14-7-9-27-10-8-14/h11-12,14,21,25H,7-10H2,1-6H3,(H,23,26)/b17-11-,21-15?. The third-order valence-electron chi connectivity index (χ3n) is 5.61. The van der Waals surface area contributed by atoms with Crippen LogP contribution in [-0.4, -0.2) is 58.5 Å². The number of aromatic nitrogens is 1. The summed E-state index contributed by atoms with van der Waals surface area (Å²) in [6.07, 6.45) is 4.54. The molecule has 1 saturated heterocycles. The van der Waals surface area contributed by atoms with E-state index < -0.39 is 11.0 Å². The molecular weight excluding hydrogens is 360 g/mol. The Morgan fingerprint density at radius 2 is 1.96 bits per heavy atom. The van der Waals surface area contributed by atoms with Crippen LogP contribution in [0, 0.1) is 12.3 Å². The molecule has 0 spiro atoms. The van der Waals surface area contributed by atoms with Gasteiger partial charge < -0.3 is 19.7 Å². The van der Waals surface area contributed by atoms with Crippen molar-refractivity contribution in [3.05, 3.63) is 29.8 Å². The van der Waals surface area contributed by atoms with Crippen molar-refractivity contribution in [2.75, 3.05) is 20.3 Å². The Balaban J connectivity index is 2.06. The van der Waals surface area contributed by atoms with Gasteiger partial charge in [0.15, 0.2) is 11.8 Å². The molecule has 0 unspecified atom stereocenters. The molecule has 8 nitrogen and oxygen atoms in total. The van der Waals surface area contributed by atoms with Crippen LogP contribution in [0.2, 0.25) is 0 Å². The van der Waals surface area contributed by atoms with Crippen molar-refractivity contribution in [1.29, 1.82) is 5.41 Å². The fourth-order valence-electron chi connectivity index (χ4n) is 3.09. The number of likely N-dealkylation sites (N-methyl/N-ethyl adjacent to an activating group) is 1. The number of ether oxygens (including phenoxy) is 1. The van der Waals surface area contributed by atoms with Gasteiger partial charge in [0.2, 0.25) is 5.91 Å². The monoisotopic (exact) mass is 392 g/mol. The largest absolute Gasteiger partial charge is 0.494 e. The first kappa shape index (κ1) is 22.1. The van der Waals surface area contributed by atoms with Crippen LogP contribution in [0.4, 0.5) is 0 Å². The van der Waals surface area contributed by atoms with E-state index in [1.54, 1.807) is 27.0 Å². The number of amides is 1. The molecule has 1 aliphatic heterocycles. The van der Waals surface area contributed by atoms with E-state index in [1.165, 1.54) is 6.08 Å². The van der Waals surface area contributed by atoms with Crippen LogP contribution in [0.5, 0.6) is 0 Å². The summed E-state index contributed by atoms with van der Waals surface area (Å²) < 4.78 is 10.9. The van der Waals surface area contributed by atoms with E-state index in [0.29, 0.717) is 24.9 Å². The van der Waals surface area contributed by atoms with E-state index in [1.807, 2.05) is 25.8 Å². The number of hydrogen-bond acceptors (Lipinski definition) is 7. The normalized spacial score (nSPS) is 17.0. The molecule has 8 heteroatoms. The zero-order valence-electron chi connectivity index (χ0n) is 17.6. The average molecular weight is 393 g/mol. The quantitative estimate of drug-likeness (QED) is 0.486. The van der Waals surface area contributed by atoms with Crippen LogP contribution in [0.3, 0.4) is 0 Å². The van der Waals surface area contributed by atoms with Gasteiger partial charge in [-0.15, -0.1) is 0 Å². The van der Waals surface area contributed by atoms with Gasteiger partial charge in [0.1, 0.15) is 5.76 Å². The molecule has 1 aromatic heterocycles. The Labute approximate surface area is 166 Å². The van der Waals surface area contributed by atoms with Gasteiger partial charge in [-0.3, -0.25) is 15.0 Å². The summed E-state index contributed by atoms with van der Waals surface area (Å²) in [6.45, 7) is 10.3. The first-order valence-electron chi connectivity index (χ1n) is 9.51. The van der Waals surface area contributed by atoms with Crippen molar-refractivity contribution in [2.45, 2.75) is 64.5 Å². The molecule has 2 rings (SSSR count). The number of nitrogens with one attached hydrogen (secondary N) is 2. The topological polar surface area (TPSA) is 112 Å². The summed E-state index contributed by atoms with van der Waals surface area (Å²) in [6, 6.07) is 0.243. The van der Waals surface area contributed by atoms with Gasteiger partial charge in [0.05, 0.1) is 17.2 Å². The van der Waals surface area contributed by atoms with Gasteiger partial charge >= 0.3 is 0 Å². The SMILES string of the molecule is Cc1ncc(C(C)(C)C(=N)/C=C(\O)NC(=O)C(C)(C)N(C)C2CCOCC2)o1. The van der Waals surface area contributed by atoms with E-state index in [2.05, 4.69) is 10.3 Å². The van der Waals surface area contributed by atoms with Crippen molar-refractivity contribution >= 4 is 11.6 Å². The van der Waals surface area contributed by atoms with Crippen LogP contribution >= 0.6 is 0 Å². The molecule has 1 aliphatic rings. The number of aliphatic hydroxyl groups excluding tert-OH is 1. The van der Waals surface area contributed by atoms with Crippen LogP contribution in [0.15, 0.2) is 22.6 Å². The second-order valence-corrected chi connectivity index (χ2v) is 8.28. The van der Waals surface area contributed by atoms with Crippen molar-refractivity contribution < 1.29 is 19.1 Å². The Bertz CT molecular complexity index is 745. The molecule has 0 saturated carbocycles. The fraction of sp³-hybridized carbons (Fsp3) is 0.650. The molecule has 0 aliphatic carbocycles. The number of carbonyl (C=O) groups excluding carboxylic acids is 1. The third kappa shape index (κ3) is 4.80. The van der Waals surface area contributed by atoms with Gasteiger partial charge in [-0.05, 0) is 47.6 Å². The van der Waals surface area contributed by atoms with E-state index in [-0.39, 0.29) is 23.5 Å². The first-order chi connectivity index (χ1) is 13.0. The fourth-order valence-corrected chi connectivity index (χ4v) is 3.09. The zero-order chi connectivity index (χ0) is 21.1. The molecule has 156 valence electrons. The molecule has 0 bridgehead atoms. The van der Waals surface area contributed by atoms with Crippen molar-refractivity contribution in [3.63, 3.8) is 0 Å². The Morgan fingerprint density at radius 3 is 2.50 bits per heavy atom. The minimum atomic E-state index is -0.830. The summed E-state index contributed by atoms with van der Waals surface area (Å²) in [5.41, 5.74) is -1.53. The van der Waals surface area contributed by atoms with Crippen LogP contribution in [0.25, 0.3) is 0 Å². The number of aliphatic hydroxyl groups is 1. The molecule has 1 amide bonds. The maximum Gasteiger partial charge on any atom is 0.246 e. The minimum absolute atomic E-state index is 0.0945. The highest BCUT2D eigenvalue weighted by atomic mass is 16.5. The van der Waals surface area contributed by atoms with E-state index in [4.69, 9.17) is 14.6 Å². The number of oxazole rings is 1. The first-order valence-corrected chi connectivity index (χ1v) is 9.51. The Hall–Kier alpha value is -2.19. The predicted molar refractivity (Wildman–Crippen MR) is 107 cm³/mol. The zero-order valence-corrected chi connectivity index (χ0v) is 17.6. The van der Waals surface area contributed by atoms with Crippen molar-refractivity contribution in [1.82, 2.24) is 15.2 Å². The molecule has 0 atom stereocenters. The maximum absolute atomic E-state index is 12.8. The molecule has 0 aromatic carbocycles. The molecule has 1 fully saturated rings. The summed E-state index contributed by atoms with van der Waals surface area (Å²) in [7, 11) is 1.91. The van der Waals surface area contributed by atoms with Gasteiger partial charge in [-0.25, -0.2) is 4.98 Å². The lowest BCUT2D eigenvalue weighted by atomic mass is 9.85. The number of allylic oxidation sites excluding steroid dienone is 1. The number of rotatable bonds is 7. The summed E-state index contributed by atoms with van der Waals surface area (Å²) in [5, 5.41) is 21.1. The van der Waals surface area contributed by atoms with Crippen molar-refractivity contribution in [3.8, 4) is 0 Å². The Kier molecular flexibility index (Phi) is 6.67. The van der Waals surface area contributed by atoms with Gasteiger partial charge in [-0.1, -0.05) is 0 Å². The highest BCUT2D eigenvalue weighted by Crippen LogP contribution is 2.26. The van der Waals surface area contributed by atoms with Crippen molar-refractivity contribution in [2.24, 2.45) is 0 Å². The molecular formula is C20H32N4O4. The maximum atomic E-state index is 12.8. The average Bonchev–Trinajstić information content (AvgIpc) is 3.08. The lowest BCUT2D eigenvalue weighted by molar-refractivity contribution is -0.133. The summed E-state index contributed by atoms with van der Waals surface area (Å²) in [4.78, 5) is 18.9. The van der Waals surface area contributed by atoms with Crippen LogP contribution in [-0.2, 0) is 14.9 Å². The minimum Gasteiger partial charge on any atom is -0.494 e. The number of hydrogen-bond donors (Lipinski definition) is 3. The lowest BCUT2D eigenvalue weighted by Crippen LogP contribution is -2.57. The Morgan fingerprint density at radius 1 is 1.36 bits per heavy atom. The van der Waals surface area contributed by atoms with Gasteiger partial charge in [-0.2, -0.15) is 0 Å². The van der Waals surface area contributed by atoms with Crippen LogP contribution in [0.1, 0.15) is 52.2 Å². The number of aryl methyl sites for hydroxylation is 1. The predicted octanol–water partition coefficient (Wildman–Crippen LogP) is 2.69. The molecule has 1 aromatic rings. The van der Waals surface area contributed by atoms with E-state index >= 15 is 0 Å². The molecule has 28 heavy (non-hydrogen) atoms. The molecule has 2 heterocycles. The second kappa shape index (κ2) is 8.45. The summed E-state index contributed by atoms with van der Waals surface area (Å²) in [5.74, 6) is 0.323. The highest BCUT2D eigenvalue weighted by molar-refractivity contribution is 6.01. The lowest BCUT2D eigenvalue weighted by Gasteiger charge is -2.41. The van der Waals surface area contributed by atoms with Gasteiger partial charge in [0, 0.05) is 38.0 Å². The van der Waals surface area contributed by atoms with Crippen LogP contribution < -0.4 is 5.32 Å². The molecule has 0 radical (unpaired) electrons. The summed E-state index contributed by atoms with van der Waals surface area (Å²) >= 11 is 0. The smallest absolute Gasteiger partial charge is 0.246 e. The molecule has 3 N–H and O–H groups in total. The second-order valence-electron chi connectivity index (χ2n) is 8.28. The highest BCUT2D eigenvalue weighted by Gasteiger charge is 2.37. The van der Waals surface area contributed by atoms with E-state index in [0.717, 1.165) is 12.8 Å².